The van der Waals surface area contributed by atoms with Crippen LogP contribution in [0.25, 0.3) is 11.3 Å². The van der Waals surface area contributed by atoms with E-state index >= 15 is 0 Å². The lowest BCUT2D eigenvalue weighted by molar-refractivity contribution is 0.0517. The Bertz CT molecular complexity index is 1020. The first kappa shape index (κ1) is 20.7. The minimum Gasteiger partial charge on any atom is -0.360 e. The number of hydrogen-bond donors (Lipinski definition) is 0. The fourth-order valence-electron chi connectivity index (χ4n) is 2.48. The van der Waals surface area contributed by atoms with Crippen molar-refractivity contribution in [3.63, 3.8) is 0 Å². The van der Waals surface area contributed by atoms with Crippen molar-refractivity contribution in [1.29, 1.82) is 0 Å². The van der Waals surface area contributed by atoms with Gasteiger partial charge >= 0.3 is 5.97 Å². The molecule has 0 spiro atoms. The van der Waals surface area contributed by atoms with Gasteiger partial charge in [-0.1, -0.05) is 75.8 Å². The SMILES string of the molecule is CCc1onc(-c2c(Cl)cccc2Cl)c1C(=O)ON=Cc1c(Cl)cccc1Cl. The highest BCUT2D eigenvalue weighted by Gasteiger charge is 2.27. The first-order chi connectivity index (χ1) is 13.4. The highest BCUT2D eigenvalue weighted by atomic mass is 35.5. The second kappa shape index (κ2) is 8.97. The second-order valence-electron chi connectivity index (χ2n) is 5.53. The van der Waals surface area contributed by atoms with Crippen LogP contribution in [0.2, 0.25) is 20.1 Å². The summed E-state index contributed by atoms with van der Waals surface area (Å²) in [7, 11) is 0. The van der Waals surface area contributed by atoms with E-state index in [1.165, 1.54) is 6.21 Å². The van der Waals surface area contributed by atoms with E-state index in [2.05, 4.69) is 10.3 Å². The summed E-state index contributed by atoms with van der Waals surface area (Å²) < 4.78 is 5.27. The monoisotopic (exact) mass is 456 g/mol. The van der Waals surface area contributed by atoms with Gasteiger partial charge in [0.15, 0.2) is 5.76 Å². The number of nitrogens with zero attached hydrogens (tertiary/aromatic N) is 2. The molecule has 0 N–H and O–H groups in total. The zero-order chi connectivity index (χ0) is 20.3. The maximum Gasteiger partial charge on any atom is 0.371 e. The third-order valence-electron chi connectivity index (χ3n) is 3.80. The van der Waals surface area contributed by atoms with E-state index in [0.717, 1.165) is 0 Å². The van der Waals surface area contributed by atoms with Crippen molar-refractivity contribution in [3.8, 4) is 11.3 Å². The molecule has 0 fully saturated rings. The molecule has 3 aromatic rings. The molecule has 0 radical (unpaired) electrons. The van der Waals surface area contributed by atoms with Crippen LogP contribution in [0, 0.1) is 0 Å². The van der Waals surface area contributed by atoms with Gasteiger partial charge in [0, 0.05) is 17.5 Å². The van der Waals surface area contributed by atoms with Crippen molar-refractivity contribution in [3.05, 3.63) is 73.4 Å². The Morgan fingerprint density at radius 1 is 1.07 bits per heavy atom. The van der Waals surface area contributed by atoms with Crippen LogP contribution in [0.15, 0.2) is 46.1 Å². The van der Waals surface area contributed by atoms with E-state index in [0.29, 0.717) is 43.4 Å². The van der Waals surface area contributed by atoms with Gasteiger partial charge in [-0.2, -0.15) is 0 Å². The molecule has 0 unspecified atom stereocenters. The maximum atomic E-state index is 12.7. The predicted molar refractivity (Wildman–Crippen MR) is 111 cm³/mol. The number of aromatic nitrogens is 1. The van der Waals surface area contributed by atoms with E-state index < -0.39 is 5.97 Å². The van der Waals surface area contributed by atoms with Gasteiger partial charge in [-0.15, -0.1) is 0 Å². The third kappa shape index (κ3) is 4.18. The number of carbonyl (C=O) groups excluding carboxylic acids is 1. The zero-order valence-electron chi connectivity index (χ0n) is 14.4. The summed E-state index contributed by atoms with van der Waals surface area (Å²) in [5.74, 6) is -0.453. The van der Waals surface area contributed by atoms with E-state index in [9.17, 15) is 4.79 Å². The summed E-state index contributed by atoms with van der Waals surface area (Å²) in [6, 6.07) is 9.93. The van der Waals surface area contributed by atoms with Crippen molar-refractivity contribution in [2.75, 3.05) is 0 Å². The molecule has 0 bridgehead atoms. The predicted octanol–water partition coefficient (Wildman–Crippen LogP) is 6.71. The summed E-state index contributed by atoms with van der Waals surface area (Å²) in [6.45, 7) is 1.81. The van der Waals surface area contributed by atoms with Crippen LogP contribution < -0.4 is 0 Å². The van der Waals surface area contributed by atoms with Gasteiger partial charge in [0.25, 0.3) is 0 Å². The zero-order valence-corrected chi connectivity index (χ0v) is 17.4. The molecular weight excluding hydrogens is 446 g/mol. The summed E-state index contributed by atoms with van der Waals surface area (Å²) in [6.07, 6.45) is 1.66. The molecule has 1 aromatic heterocycles. The Morgan fingerprint density at radius 3 is 2.21 bits per heavy atom. The lowest BCUT2D eigenvalue weighted by Gasteiger charge is -2.05. The molecule has 5 nitrogen and oxygen atoms in total. The molecule has 2 aromatic carbocycles. The number of rotatable bonds is 5. The highest BCUT2D eigenvalue weighted by molar-refractivity contribution is 6.39. The summed E-state index contributed by atoms with van der Waals surface area (Å²) >= 11 is 24.6. The molecule has 0 aliphatic heterocycles. The smallest absolute Gasteiger partial charge is 0.360 e. The molecule has 0 aliphatic carbocycles. The fraction of sp³-hybridized carbons (Fsp3) is 0.105. The van der Waals surface area contributed by atoms with Gasteiger partial charge in [-0.25, -0.2) is 4.79 Å². The lowest BCUT2D eigenvalue weighted by Crippen LogP contribution is -2.05. The summed E-state index contributed by atoms with van der Waals surface area (Å²) in [4.78, 5) is 17.7. The van der Waals surface area contributed by atoms with Gasteiger partial charge < -0.3 is 9.36 Å². The Labute approximate surface area is 180 Å². The Kier molecular flexibility index (Phi) is 6.62. The van der Waals surface area contributed by atoms with Crippen molar-refractivity contribution >= 4 is 58.6 Å². The van der Waals surface area contributed by atoms with E-state index in [1.54, 1.807) is 36.4 Å². The quantitative estimate of drug-likeness (QED) is 0.242. The molecule has 28 heavy (non-hydrogen) atoms. The molecule has 0 atom stereocenters. The summed E-state index contributed by atoms with van der Waals surface area (Å²) in [5.41, 5.74) is 1.08. The first-order valence-electron chi connectivity index (χ1n) is 8.05. The third-order valence-corrected chi connectivity index (χ3v) is 5.09. The minimum atomic E-state index is -0.775. The van der Waals surface area contributed by atoms with E-state index in [4.69, 9.17) is 55.8 Å². The Balaban J connectivity index is 1.94. The average Bonchev–Trinajstić information content (AvgIpc) is 3.07. The van der Waals surface area contributed by atoms with Gasteiger partial charge in [0.05, 0.1) is 26.3 Å². The maximum absolute atomic E-state index is 12.7. The topological polar surface area (TPSA) is 64.7 Å². The minimum absolute atomic E-state index is 0.0971. The number of hydrogen-bond acceptors (Lipinski definition) is 5. The number of oxime groups is 1. The van der Waals surface area contributed by atoms with Gasteiger partial charge in [-0.3, -0.25) is 0 Å². The van der Waals surface area contributed by atoms with Crippen LogP contribution in [0.3, 0.4) is 0 Å². The molecule has 0 amide bonds. The molecule has 144 valence electrons. The fourth-order valence-corrected chi connectivity index (χ4v) is 3.55. The average molecular weight is 458 g/mol. The standard InChI is InChI=1S/C19H12Cl4N2O3/c1-2-15-17(18(25-27-15)16-13(22)7-4-8-14(16)23)19(26)28-24-9-10-11(20)5-3-6-12(10)21/h3-9H,2H2,1H3. The largest absolute Gasteiger partial charge is 0.371 e. The molecular formula is C19H12Cl4N2O3. The van der Waals surface area contributed by atoms with E-state index in [1.807, 2.05) is 6.92 Å². The Morgan fingerprint density at radius 2 is 1.64 bits per heavy atom. The molecule has 0 saturated carbocycles. The summed E-state index contributed by atoms with van der Waals surface area (Å²) in [5, 5.41) is 9.04. The second-order valence-corrected chi connectivity index (χ2v) is 7.16. The molecule has 9 heteroatoms. The molecule has 1 heterocycles. The van der Waals surface area contributed by atoms with Gasteiger partial charge in [0.1, 0.15) is 11.3 Å². The van der Waals surface area contributed by atoms with Crippen LogP contribution in [-0.4, -0.2) is 17.3 Å². The normalized spacial score (nSPS) is 11.2. The molecule has 0 aliphatic rings. The first-order valence-corrected chi connectivity index (χ1v) is 9.56. The van der Waals surface area contributed by atoms with Crippen molar-refractivity contribution < 1.29 is 14.2 Å². The van der Waals surface area contributed by atoms with Crippen molar-refractivity contribution in [2.24, 2.45) is 5.16 Å². The number of carbonyl (C=O) groups is 1. The lowest BCUT2D eigenvalue weighted by atomic mass is 10.1. The number of benzene rings is 2. The number of halogens is 4. The van der Waals surface area contributed by atoms with Crippen molar-refractivity contribution in [1.82, 2.24) is 5.16 Å². The molecule has 3 rings (SSSR count). The highest BCUT2D eigenvalue weighted by Crippen LogP contribution is 2.37. The van der Waals surface area contributed by atoms with Crippen LogP contribution in [0.1, 0.15) is 28.6 Å². The van der Waals surface area contributed by atoms with E-state index in [-0.39, 0.29) is 11.3 Å². The van der Waals surface area contributed by atoms with Crippen LogP contribution in [0.5, 0.6) is 0 Å². The van der Waals surface area contributed by atoms with Crippen LogP contribution in [0.4, 0.5) is 0 Å². The number of aryl methyl sites for hydroxylation is 1. The van der Waals surface area contributed by atoms with Gasteiger partial charge in [-0.05, 0) is 24.3 Å². The molecule has 0 saturated heterocycles. The van der Waals surface area contributed by atoms with Crippen molar-refractivity contribution in [2.45, 2.75) is 13.3 Å². The Hall–Kier alpha value is -2.05. The van der Waals surface area contributed by atoms with Crippen LogP contribution >= 0.6 is 46.4 Å². The van der Waals surface area contributed by atoms with Crippen LogP contribution in [-0.2, 0) is 11.3 Å². The van der Waals surface area contributed by atoms with Gasteiger partial charge in [0.2, 0.25) is 0 Å².